The molecule has 1 amide bonds. The highest BCUT2D eigenvalue weighted by Gasteiger charge is 2.14. The molecule has 21 heavy (non-hydrogen) atoms. The van der Waals surface area contributed by atoms with Crippen LogP contribution in [0.25, 0.3) is 0 Å². The summed E-state index contributed by atoms with van der Waals surface area (Å²) in [5.74, 6) is -0.106. The van der Waals surface area contributed by atoms with Crippen LogP contribution in [0.15, 0.2) is 18.2 Å². The third-order valence-corrected chi connectivity index (χ3v) is 2.94. The van der Waals surface area contributed by atoms with Crippen LogP contribution in [-0.4, -0.2) is 30.9 Å². The summed E-state index contributed by atoms with van der Waals surface area (Å²) >= 11 is 0. The molecular weight excluding hydrogens is 309 g/mol. The predicted octanol–water partition coefficient (Wildman–Crippen LogP) is 2.97. The van der Waals surface area contributed by atoms with E-state index in [1.54, 1.807) is 0 Å². The first-order valence-electron chi connectivity index (χ1n) is 6.74. The lowest BCUT2D eigenvalue weighted by Gasteiger charge is -2.17. The van der Waals surface area contributed by atoms with Crippen LogP contribution in [-0.2, 0) is 11.3 Å². The fourth-order valence-corrected chi connectivity index (χ4v) is 1.98. The molecule has 122 valence electrons. The minimum atomic E-state index is -0.432. The van der Waals surface area contributed by atoms with E-state index in [1.807, 2.05) is 40.1 Å². The van der Waals surface area contributed by atoms with Crippen LogP contribution in [0.1, 0.15) is 30.9 Å². The maximum absolute atomic E-state index is 12.0. The van der Waals surface area contributed by atoms with Crippen molar-refractivity contribution in [2.24, 2.45) is 5.73 Å². The second kappa shape index (κ2) is 10.9. The molecule has 6 heteroatoms. The minimum Gasteiger partial charge on any atom is -0.324 e. The van der Waals surface area contributed by atoms with Crippen LogP contribution in [0, 0.1) is 6.92 Å². The number of nitrogens with one attached hydrogen (secondary N) is 1. The molecule has 0 aliphatic rings. The molecule has 0 heterocycles. The number of anilines is 1. The standard InChI is InChI=1S/C15H25N3O.2ClH/c1-5-6-13(16)15(19)17-14-8-7-11(2)9-12(14)10-18(3)4;;/h7-9,13H,5-6,10,16H2,1-4H3,(H,17,19);2*1H. The van der Waals surface area contributed by atoms with Gasteiger partial charge in [0.05, 0.1) is 6.04 Å². The van der Waals surface area contributed by atoms with Crippen molar-refractivity contribution in [3.63, 3.8) is 0 Å². The Morgan fingerprint density at radius 1 is 1.33 bits per heavy atom. The molecular formula is C15H27Cl2N3O. The minimum absolute atomic E-state index is 0. The van der Waals surface area contributed by atoms with Gasteiger partial charge in [-0.15, -0.1) is 24.8 Å². The number of amides is 1. The molecule has 4 nitrogen and oxygen atoms in total. The number of halogens is 2. The maximum atomic E-state index is 12.0. The van der Waals surface area contributed by atoms with Gasteiger partial charge in [0.25, 0.3) is 0 Å². The molecule has 0 saturated carbocycles. The number of rotatable bonds is 6. The third-order valence-electron chi connectivity index (χ3n) is 2.94. The van der Waals surface area contributed by atoms with Gasteiger partial charge in [0.15, 0.2) is 0 Å². The number of hydrogen-bond donors (Lipinski definition) is 2. The van der Waals surface area contributed by atoms with E-state index in [-0.39, 0.29) is 30.7 Å². The van der Waals surface area contributed by atoms with Crippen LogP contribution in [0.3, 0.4) is 0 Å². The number of nitrogens with two attached hydrogens (primary N) is 1. The normalized spacial score (nSPS) is 11.3. The molecule has 0 bridgehead atoms. The molecule has 1 unspecified atom stereocenters. The molecule has 1 aromatic carbocycles. The zero-order valence-electron chi connectivity index (χ0n) is 13.2. The van der Waals surface area contributed by atoms with E-state index >= 15 is 0 Å². The first-order chi connectivity index (χ1) is 8.93. The van der Waals surface area contributed by atoms with Crippen molar-refractivity contribution in [2.45, 2.75) is 39.3 Å². The van der Waals surface area contributed by atoms with E-state index in [0.717, 1.165) is 24.2 Å². The Morgan fingerprint density at radius 3 is 2.48 bits per heavy atom. The summed E-state index contributed by atoms with van der Waals surface area (Å²) in [6, 6.07) is 5.62. The van der Waals surface area contributed by atoms with Crippen molar-refractivity contribution < 1.29 is 4.79 Å². The average molecular weight is 336 g/mol. The molecule has 0 saturated heterocycles. The van der Waals surface area contributed by atoms with Gasteiger partial charge < -0.3 is 16.0 Å². The molecule has 0 spiro atoms. The van der Waals surface area contributed by atoms with Gasteiger partial charge in [-0.1, -0.05) is 31.0 Å². The molecule has 0 radical (unpaired) electrons. The van der Waals surface area contributed by atoms with Crippen LogP contribution >= 0.6 is 24.8 Å². The van der Waals surface area contributed by atoms with Crippen LogP contribution in [0.5, 0.6) is 0 Å². The summed E-state index contributed by atoms with van der Waals surface area (Å²) < 4.78 is 0. The summed E-state index contributed by atoms with van der Waals surface area (Å²) in [5, 5.41) is 2.94. The van der Waals surface area contributed by atoms with E-state index in [2.05, 4.69) is 16.3 Å². The lowest BCUT2D eigenvalue weighted by atomic mass is 10.1. The highest BCUT2D eigenvalue weighted by molar-refractivity contribution is 5.95. The van der Waals surface area contributed by atoms with Gasteiger partial charge in [0.2, 0.25) is 5.91 Å². The van der Waals surface area contributed by atoms with Gasteiger partial charge in [0, 0.05) is 12.2 Å². The number of carbonyl (C=O) groups excluding carboxylic acids is 1. The van der Waals surface area contributed by atoms with Crippen molar-refractivity contribution in [1.82, 2.24) is 4.90 Å². The van der Waals surface area contributed by atoms with Crippen molar-refractivity contribution in [3.8, 4) is 0 Å². The van der Waals surface area contributed by atoms with Gasteiger partial charge in [0.1, 0.15) is 0 Å². The number of nitrogens with zero attached hydrogens (tertiary/aromatic N) is 1. The molecule has 3 N–H and O–H groups in total. The van der Waals surface area contributed by atoms with E-state index in [9.17, 15) is 4.79 Å². The molecule has 1 aromatic rings. The monoisotopic (exact) mass is 335 g/mol. The van der Waals surface area contributed by atoms with Crippen molar-refractivity contribution in [3.05, 3.63) is 29.3 Å². The topological polar surface area (TPSA) is 58.4 Å². The summed E-state index contributed by atoms with van der Waals surface area (Å²) in [6.45, 7) is 4.87. The smallest absolute Gasteiger partial charge is 0.241 e. The zero-order valence-corrected chi connectivity index (χ0v) is 14.8. The average Bonchev–Trinajstić information content (AvgIpc) is 2.32. The Morgan fingerprint density at radius 2 is 1.95 bits per heavy atom. The second-order valence-corrected chi connectivity index (χ2v) is 5.28. The lowest BCUT2D eigenvalue weighted by Crippen LogP contribution is -2.35. The first kappa shape index (κ1) is 22.5. The number of hydrogen-bond acceptors (Lipinski definition) is 3. The third kappa shape index (κ3) is 7.67. The molecule has 1 atom stereocenters. The van der Waals surface area contributed by atoms with Crippen LogP contribution in [0.2, 0.25) is 0 Å². The molecule has 1 rings (SSSR count). The summed E-state index contributed by atoms with van der Waals surface area (Å²) in [4.78, 5) is 14.1. The Kier molecular flexibility index (Phi) is 11.6. The Bertz CT molecular complexity index is 439. The SMILES string of the molecule is CCCC(N)C(=O)Nc1ccc(C)cc1CN(C)C.Cl.Cl. The number of carbonyl (C=O) groups is 1. The van der Waals surface area contributed by atoms with Gasteiger partial charge in [-0.3, -0.25) is 4.79 Å². The summed E-state index contributed by atoms with van der Waals surface area (Å²) in [7, 11) is 4.02. The molecule has 0 aliphatic heterocycles. The van der Waals surface area contributed by atoms with Gasteiger partial charge in [-0.25, -0.2) is 0 Å². The molecule has 0 aromatic heterocycles. The zero-order chi connectivity index (χ0) is 14.4. The molecule has 0 fully saturated rings. The van der Waals surface area contributed by atoms with Crippen LogP contribution < -0.4 is 11.1 Å². The van der Waals surface area contributed by atoms with E-state index in [0.29, 0.717) is 6.42 Å². The number of benzene rings is 1. The van der Waals surface area contributed by atoms with Crippen molar-refractivity contribution >= 4 is 36.4 Å². The van der Waals surface area contributed by atoms with Gasteiger partial charge >= 0.3 is 0 Å². The van der Waals surface area contributed by atoms with Gasteiger partial charge in [-0.2, -0.15) is 0 Å². The van der Waals surface area contributed by atoms with Gasteiger partial charge in [-0.05, 0) is 39.1 Å². The highest BCUT2D eigenvalue weighted by atomic mass is 35.5. The first-order valence-corrected chi connectivity index (χ1v) is 6.74. The van der Waals surface area contributed by atoms with E-state index < -0.39 is 6.04 Å². The maximum Gasteiger partial charge on any atom is 0.241 e. The van der Waals surface area contributed by atoms with Crippen molar-refractivity contribution in [1.29, 1.82) is 0 Å². The fraction of sp³-hybridized carbons (Fsp3) is 0.533. The number of aryl methyl sites for hydroxylation is 1. The van der Waals surface area contributed by atoms with E-state index in [4.69, 9.17) is 5.73 Å². The fourth-order valence-electron chi connectivity index (χ4n) is 1.98. The Hall–Kier alpha value is -0.810. The largest absolute Gasteiger partial charge is 0.324 e. The van der Waals surface area contributed by atoms with Crippen molar-refractivity contribution in [2.75, 3.05) is 19.4 Å². The highest BCUT2D eigenvalue weighted by Crippen LogP contribution is 2.19. The quantitative estimate of drug-likeness (QED) is 0.840. The lowest BCUT2D eigenvalue weighted by molar-refractivity contribution is -0.117. The van der Waals surface area contributed by atoms with E-state index in [1.165, 1.54) is 5.56 Å². The predicted molar refractivity (Wildman–Crippen MR) is 94.6 cm³/mol. The molecule has 0 aliphatic carbocycles. The Labute approximate surface area is 140 Å². The second-order valence-electron chi connectivity index (χ2n) is 5.28. The summed E-state index contributed by atoms with van der Waals surface area (Å²) in [5.41, 5.74) is 8.99. The Balaban J connectivity index is 0. The summed E-state index contributed by atoms with van der Waals surface area (Å²) in [6.07, 6.45) is 1.62. The van der Waals surface area contributed by atoms with Crippen LogP contribution in [0.4, 0.5) is 5.69 Å².